The maximum absolute atomic E-state index is 11.3. The van der Waals surface area contributed by atoms with Crippen molar-refractivity contribution in [1.29, 1.82) is 0 Å². The molecular formula is C15H30IN5O. The second-order valence-corrected chi connectivity index (χ2v) is 5.94. The summed E-state index contributed by atoms with van der Waals surface area (Å²) in [5.74, 6) is 1.95. The first kappa shape index (κ1) is 19.5. The number of aliphatic imine (C=N–C) groups is 1. The van der Waals surface area contributed by atoms with E-state index < -0.39 is 0 Å². The summed E-state index contributed by atoms with van der Waals surface area (Å²) in [6, 6.07) is 0. The van der Waals surface area contributed by atoms with Crippen molar-refractivity contribution in [1.82, 2.24) is 20.4 Å². The number of rotatable bonds is 6. The molecule has 2 fully saturated rings. The highest BCUT2D eigenvalue weighted by Crippen LogP contribution is 2.28. The molecule has 1 heterocycles. The highest BCUT2D eigenvalue weighted by atomic mass is 127. The van der Waals surface area contributed by atoms with Crippen molar-refractivity contribution in [2.45, 2.75) is 26.7 Å². The number of nitrogens with zero attached hydrogens (tertiary/aromatic N) is 3. The summed E-state index contributed by atoms with van der Waals surface area (Å²) in [5.41, 5.74) is 0. The molecule has 1 aliphatic heterocycles. The van der Waals surface area contributed by atoms with Gasteiger partial charge in [-0.05, 0) is 25.7 Å². The third kappa shape index (κ3) is 7.13. The number of guanidine groups is 1. The minimum atomic E-state index is 0. The summed E-state index contributed by atoms with van der Waals surface area (Å²) >= 11 is 0. The molecule has 2 aliphatic rings. The van der Waals surface area contributed by atoms with E-state index in [4.69, 9.17) is 0 Å². The number of amides is 1. The van der Waals surface area contributed by atoms with Crippen LogP contribution >= 0.6 is 24.0 Å². The minimum Gasteiger partial charge on any atom is -0.357 e. The van der Waals surface area contributed by atoms with E-state index in [9.17, 15) is 4.79 Å². The van der Waals surface area contributed by atoms with Crippen molar-refractivity contribution in [2.24, 2.45) is 10.9 Å². The van der Waals surface area contributed by atoms with Crippen molar-refractivity contribution in [3.05, 3.63) is 0 Å². The molecule has 0 unspecified atom stereocenters. The molecule has 1 saturated carbocycles. The summed E-state index contributed by atoms with van der Waals surface area (Å²) in [4.78, 5) is 20.2. The van der Waals surface area contributed by atoms with Gasteiger partial charge in [0.05, 0.1) is 0 Å². The van der Waals surface area contributed by atoms with Crippen molar-refractivity contribution < 1.29 is 4.79 Å². The van der Waals surface area contributed by atoms with Crippen LogP contribution in [0.25, 0.3) is 0 Å². The summed E-state index contributed by atoms with van der Waals surface area (Å²) in [6.07, 6.45) is 2.67. The molecule has 0 aromatic heterocycles. The lowest BCUT2D eigenvalue weighted by atomic mass is 10.3. The summed E-state index contributed by atoms with van der Waals surface area (Å²) in [6.45, 7) is 11.1. The third-order valence-corrected chi connectivity index (χ3v) is 4.09. The predicted octanol–water partition coefficient (Wildman–Crippen LogP) is 0.734. The Morgan fingerprint density at radius 2 is 1.86 bits per heavy atom. The van der Waals surface area contributed by atoms with E-state index in [0.717, 1.165) is 64.2 Å². The van der Waals surface area contributed by atoms with E-state index in [2.05, 4.69) is 27.4 Å². The van der Waals surface area contributed by atoms with E-state index in [1.54, 1.807) is 6.92 Å². The number of hydrogen-bond acceptors (Lipinski definition) is 3. The molecule has 0 aromatic carbocycles. The Labute approximate surface area is 151 Å². The molecule has 22 heavy (non-hydrogen) atoms. The van der Waals surface area contributed by atoms with Gasteiger partial charge in [0.15, 0.2) is 5.96 Å². The van der Waals surface area contributed by atoms with Crippen molar-refractivity contribution in [3.63, 3.8) is 0 Å². The Morgan fingerprint density at radius 3 is 2.41 bits per heavy atom. The largest absolute Gasteiger partial charge is 0.357 e. The normalized spacial score (nSPS) is 19.5. The smallest absolute Gasteiger partial charge is 0.219 e. The van der Waals surface area contributed by atoms with E-state index >= 15 is 0 Å². The van der Waals surface area contributed by atoms with E-state index in [-0.39, 0.29) is 29.9 Å². The molecule has 0 spiro atoms. The molecule has 7 heteroatoms. The van der Waals surface area contributed by atoms with Crippen LogP contribution in [0.1, 0.15) is 26.7 Å². The molecule has 2 N–H and O–H groups in total. The highest BCUT2D eigenvalue weighted by Gasteiger charge is 2.21. The van der Waals surface area contributed by atoms with Crippen molar-refractivity contribution in [3.8, 4) is 0 Å². The molecule has 0 radical (unpaired) electrons. The third-order valence-electron chi connectivity index (χ3n) is 4.09. The van der Waals surface area contributed by atoms with Gasteiger partial charge >= 0.3 is 0 Å². The number of halogens is 1. The molecule has 6 nitrogen and oxygen atoms in total. The van der Waals surface area contributed by atoms with Crippen LogP contribution in [0.4, 0.5) is 0 Å². The lowest BCUT2D eigenvalue weighted by Crippen LogP contribution is -2.50. The van der Waals surface area contributed by atoms with E-state index in [1.165, 1.54) is 12.8 Å². The zero-order valence-electron chi connectivity index (χ0n) is 13.8. The average Bonchev–Trinajstić information content (AvgIpc) is 3.29. The van der Waals surface area contributed by atoms with Crippen LogP contribution < -0.4 is 10.6 Å². The van der Waals surface area contributed by atoms with Gasteiger partial charge in [0.1, 0.15) is 0 Å². The Kier molecular flexibility index (Phi) is 9.08. The quantitative estimate of drug-likeness (QED) is 0.376. The first-order chi connectivity index (χ1) is 10.2. The van der Waals surface area contributed by atoms with Gasteiger partial charge in [0.2, 0.25) is 5.91 Å². The Morgan fingerprint density at radius 1 is 1.18 bits per heavy atom. The molecular weight excluding hydrogens is 393 g/mol. The Hall–Kier alpha value is -0.570. The van der Waals surface area contributed by atoms with Gasteiger partial charge in [-0.3, -0.25) is 14.7 Å². The van der Waals surface area contributed by atoms with Gasteiger partial charge < -0.3 is 15.5 Å². The number of carbonyl (C=O) groups is 1. The molecule has 1 amide bonds. The number of piperazine rings is 1. The van der Waals surface area contributed by atoms with Crippen LogP contribution in [0, 0.1) is 5.92 Å². The second-order valence-electron chi connectivity index (χ2n) is 5.94. The van der Waals surface area contributed by atoms with Gasteiger partial charge in [0.25, 0.3) is 0 Å². The van der Waals surface area contributed by atoms with Gasteiger partial charge in [-0.15, -0.1) is 24.0 Å². The second kappa shape index (κ2) is 10.3. The van der Waals surface area contributed by atoms with E-state index in [1.807, 2.05) is 4.90 Å². The van der Waals surface area contributed by atoms with Crippen molar-refractivity contribution >= 4 is 35.8 Å². The average molecular weight is 423 g/mol. The van der Waals surface area contributed by atoms with Crippen molar-refractivity contribution in [2.75, 3.05) is 52.4 Å². The first-order valence-electron chi connectivity index (χ1n) is 8.19. The maximum atomic E-state index is 11.3. The monoisotopic (exact) mass is 423 g/mol. The Bertz CT molecular complexity index is 365. The lowest BCUT2D eigenvalue weighted by Gasteiger charge is -2.34. The summed E-state index contributed by atoms with van der Waals surface area (Å²) in [5, 5.41) is 6.69. The molecule has 128 valence electrons. The van der Waals surface area contributed by atoms with E-state index in [0.29, 0.717) is 0 Å². The van der Waals surface area contributed by atoms with Crippen LogP contribution in [0.15, 0.2) is 4.99 Å². The number of nitrogens with one attached hydrogen (secondary N) is 2. The SMILES string of the molecule is CCNC(=NCC1CC1)NCCN1CCN(C(C)=O)CC1.I. The molecule has 0 aromatic rings. The Balaban J connectivity index is 0.00000242. The molecule has 0 atom stereocenters. The fourth-order valence-electron chi connectivity index (χ4n) is 2.48. The van der Waals surface area contributed by atoms with Crippen LogP contribution in [-0.4, -0.2) is 74.0 Å². The van der Waals surface area contributed by atoms with Crippen LogP contribution in [0.2, 0.25) is 0 Å². The summed E-state index contributed by atoms with van der Waals surface area (Å²) in [7, 11) is 0. The zero-order chi connectivity index (χ0) is 15.1. The van der Waals surface area contributed by atoms with Gasteiger partial charge in [-0.1, -0.05) is 0 Å². The number of carbonyl (C=O) groups excluding carboxylic acids is 1. The molecule has 0 bridgehead atoms. The summed E-state index contributed by atoms with van der Waals surface area (Å²) < 4.78 is 0. The minimum absolute atomic E-state index is 0. The first-order valence-corrected chi connectivity index (χ1v) is 8.19. The van der Waals surface area contributed by atoms with Crippen LogP contribution in [-0.2, 0) is 4.79 Å². The van der Waals surface area contributed by atoms with Crippen LogP contribution in [0.5, 0.6) is 0 Å². The van der Waals surface area contributed by atoms with Gasteiger partial charge in [-0.25, -0.2) is 0 Å². The predicted molar refractivity (Wildman–Crippen MR) is 101 cm³/mol. The standard InChI is InChI=1S/C15H29N5O.HI/c1-3-16-15(18-12-14-4-5-14)17-6-7-19-8-10-20(11-9-19)13(2)21;/h14H,3-12H2,1-2H3,(H2,16,17,18);1H. The molecule has 1 saturated heterocycles. The molecule has 1 aliphatic carbocycles. The fraction of sp³-hybridized carbons (Fsp3) is 0.867. The van der Waals surface area contributed by atoms with Crippen LogP contribution in [0.3, 0.4) is 0 Å². The van der Waals surface area contributed by atoms with Gasteiger partial charge in [-0.2, -0.15) is 0 Å². The highest BCUT2D eigenvalue weighted by molar-refractivity contribution is 14.0. The zero-order valence-corrected chi connectivity index (χ0v) is 16.1. The van der Waals surface area contributed by atoms with Gasteiger partial charge in [0, 0.05) is 59.3 Å². The maximum Gasteiger partial charge on any atom is 0.219 e. The lowest BCUT2D eigenvalue weighted by molar-refractivity contribution is -0.130. The molecule has 2 rings (SSSR count). The topological polar surface area (TPSA) is 60.0 Å². The number of hydrogen-bond donors (Lipinski definition) is 2. The fourth-order valence-corrected chi connectivity index (χ4v) is 2.48.